The Kier molecular flexibility index (Phi) is 3.42. The van der Waals surface area contributed by atoms with Gasteiger partial charge in [-0.05, 0) is 25.7 Å². The van der Waals surface area contributed by atoms with Crippen LogP contribution in [0.4, 0.5) is 0 Å². The molecule has 1 saturated carbocycles. The molecule has 3 rings (SSSR count). The molecular weight excluding hydrogens is 238 g/mol. The van der Waals surface area contributed by atoms with Crippen LogP contribution in [0, 0.1) is 11.8 Å². The number of benzene rings is 1. The lowest BCUT2D eigenvalue weighted by molar-refractivity contribution is 0.0826. The highest BCUT2D eigenvalue weighted by Gasteiger charge is 2.43. The molecule has 102 valence electrons. The minimum Gasteiger partial charge on any atom is -0.393 e. The topological polar surface area (TPSA) is 40.5 Å². The van der Waals surface area contributed by atoms with E-state index in [4.69, 9.17) is 0 Å². The Morgan fingerprint density at radius 1 is 1.26 bits per heavy atom. The number of carbonyl (C=O) groups is 1. The molecule has 1 N–H and O–H groups in total. The van der Waals surface area contributed by atoms with Gasteiger partial charge in [-0.25, -0.2) is 0 Å². The van der Waals surface area contributed by atoms with E-state index < -0.39 is 0 Å². The third-order valence-electron chi connectivity index (χ3n) is 4.83. The lowest BCUT2D eigenvalue weighted by Gasteiger charge is -2.24. The number of Topliss-reactive ketones (excluding diaryl/α,β-unsaturated/α-hetero) is 1. The third-order valence-corrected chi connectivity index (χ3v) is 4.83. The number of fused-ring (bicyclic) bond motifs is 1. The van der Waals surface area contributed by atoms with Gasteiger partial charge in [-0.15, -0.1) is 0 Å². The van der Waals surface area contributed by atoms with Crippen LogP contribution in [-0.2, 0) is 0 Å². The van der Waals surface area contributed by atoms with Crippen LogP contribution >= 0.6 is 0 Å². The summed E-state index contributed by atoms with van der Waals surface area (Å²) >= 11 is 0. The molecule has 0 amide bonds. The minimum absolute atomic E-state index is 0.0831. The fourth-order valence-electron chi connectivity index (χ4n) is 3.60. The van der Waals surface area contributed by atoms with Crippen LogP contribution in [0.2, 0.25) is 0 Å². The van der Waals surface area contributed by atoms with E-state index in [2.05, 4.69) is 4.90 Å². The monoisotopic (exact) mass is 259 g/mol. The summed E-state index contributed by atoms with van der Waals surface area (Å²) in [7, 11) is 0. The summed E-state index contributed by atoms with van der Waals surface area (Å²) in [5.41, 5.74) is 0.785. The van der Waals surface area contributed by atoms with Crippen LogP contribution in [0.25, 0.3) is 0 Å². The maximum atomic E-state index is 12.4. The molecule has 0 spiro atoms. The van der Waals surface area contributed by atoms with Crippen LogP contribution in [0.5, 0.6) is 0 Å². The van der Waals surface area contributed by atoms with Crippen molar-refractivity contribution in [3.05, 3.63) is 35.9 Å². The Morgan fingerprint density at radius 3 is 2.68 bits per heavy atom. The number of hydrogen-bond donors (Lipinski definition) is 1. The first-order valence-electron chi connectivity index (χ1n) is 7.18. The summed E-state index contributed by atoms with van der Waals surface area (Å²) in [6.07, 6.45) is 1.88. The molecule has 4 unspecified atom stereocenters. The number of carbonyl (C=O) groups excluding carboxylic acids is 1. The SMILES string of the molecule is CC(C(=O)c1ccccc1)N1CC2CCC(O)C2C1. The number of hydrogen-bond acceptors (Lipinski definition) is 3. The lowest BCUT2D eigenvalue weighted by atomic mass is 10.00. The van der Waals surface area contributed by atoms with Crippen LogP contribution in [0.15, 0.2) is 30.3 Å². The van der Waals surface area contributed by atoms with Gasteiger partial charge in [0.2, 0.25) is 0 Å². The molecule has 1 aliphatic carbocycles. The maximum Gasteiger partial charge on any atom is 0.179 e. The molecule has 1 heterocycles. The fourth-order valence-corrected chi connectivity index (χ4v) is 3.60. The predicted octanol–water partition coefficient (Wildman–Crippen LogP) is 1.96. The molecule has 1 aromatic carbocycles. The first-order chi connectivity index (χ1) is 9.16. The Labute approximate surface area is 114 Å². The summed E-state index contributed by atoms with van der Waals surface area (Å²) < 4.78 is 0. The van der Waals surface area contributed by atoms with Gasteiger partial charge in [-0.1, -0.05) is 30.3 Å². The van der Waals surface area contributed by atoms with Gasteiger partial charge >= 0.3 is 0 Å². The quantitative estimate of drug-likeness (QED) is 0.844. The molecule has 2 fully saturated rings. The zero-order chi connectivity index (χ0) is 13.4. The maximum absolute atomic E-state index is 12.4. The number of likely N-dealkylation sites (tertiary alicyclic amines) is 1. The normalized spacial score (nSPS) is 32.2. The molecule has 0 aromatic heterocycles. The zero-order valence-electron chi connectivity index (χ0n) is 11.3. The van der Waals surface area contributed by atoms with Gasteiger partial charge < -0.3 is 5.11 Å². The highest BCUT2D eigenvalue weighted by Crippen LogP contribution is 2.38. The summed E-state index contributed by atoms with van der Waals surface area (Å²) in [5, 5.41) is 9.94. The smallest absolute Gasteiger partial charge is 0.179 e. The van der Waals surface area contributed by atoms with E-state index in [9.17, 15) is 9.90 Å². The molecular formula is C16H21NO2. The van der Waals surface area contributed by atoms with Crippen molar-refractivity contribution >= 4 is 5.78 Å². The standard InChI is InChI=1S/C16H21NO2/c1-11(16(19)12-5-3-2-4-6-12)17-9-13-7-8-15(18)14(13)10-17/h2-6,11,13-15,18H,7-10H2,1H3. The fraction of sp³-hybridized carbons (Fsp3) is 0.562. The van der Waals surface area contributed by atoms with Crippen molar-refractivity contribution in [2.75, 3.05) is 13.1 Å². The molecule has 2 aliphatic rings. The Bertz CT molecular complexity index is 459. The summed E-state index contributed by atoms with van der Waals surface area (Å²) in [6, 6.07) is 9.41. The second-order valence-corrected chi connectivity index (χ2v) is 5.93. The molecule has 19 heavy (non-hydrogen) atoms. The van der Waals surface area contributed by atoms with Gasteiger partial charge in [0.1, 0.15) is 0 Å². The van der Waals surface area contributed by atoms with E-state index >= 15 is 0 Å². The highest BCUT2D eigenvalue weighted by atomic mass is 16.3. The first kappa shape index (κ1) is 12.8. The number of nitrogens with zero attached hydrogens (tertiary/aromatic N) is 1. The van der Waals surface area contributed by atoms with Crippen molar-refractivity contribution in [3.63, 3.8) is 0 Å². The summed E-state index contributed by atoms with van der Waals surface area (Å²) in [6.45, 7) is 3.82. The number of rotatable bonds is 3. The van der Waals surface area contributed by atoms with E-state index in [-0.39, 0.29) is 17.9 Å². The summed E-state index contributed by atoms with van der Waals surface area (Å²) in [5.74, 6) is 1.15. The first-order valence-corrected chi connectivity index (χ1v) is 7.18. The Hall–Kier alpha value is -1.19. The molecule has 0 bridgehead atoms. The molecule has 4 atom stereocenters. The van der Waals surface area contributed by atoms with Crippen molar-refractivity contribution in [2.24, 2.45) is 11.8 Å². The molecule has 1 aliphatic heterocycles. The average Bonchev–Trinajstić information content (AvgIpc) is 3.01. The molecule has 1 saturated heterocycles. The zero-order valence-corrected chi connectivity index (χ0v) is 11.3. The van der Waals surface area contributed by atoms with Crippen molar-refractivity contribution in [3.8, 4) is 0 Å². The third kappa shape index (κ3) is 2.33. The van der Waals surface area contributed by atoms with E-state index in [0.29, 0.717) is 11.8 Å². The number of aliphatic hydroxyl groups excluding tert-OH is 1. The van der Waals surface area contributed by atoms with Gasteiger partial charge in [0.25, 0.3) is 0 Å². The van der Waals surface area contributed by atoms with E-state index in [1.165, 1.54) is 0 Å². The summed E-state index contributed by atoms with van der Waals surface area (Å²) in [4.78, 5) is 14.7. The van der Waals surface area contributed by atoms with E-state index in [1.54, 1.807) is 0 Å². The number of ketones is 1. The van der Waals surface area contributed by atoms with Crippen LogP contribution in [0.1, 0.15) is 30.1 Å². The average molecular weight is 259 g/mol. The Balaban J connectivity index is 1.69. The second-order valence-electron chi connectivity index (χ2n) is 5.93. The molecule has 1 aromatic rings. The van der Waals surface area contributed by atoms with E-state index in [0.717, 1.165) is 31.5 Å². The van der Waals surface area contributed by atoms with Gasteiger partial charge in [0.15, 0.2) is 5.78 Å². The van der Waals surface area contributed by atoms with Gasteiger partial charge in [0.05, 0.1) is 12.1 Å². The number of aliphatic hydroxyl groups is 1. The van der Waals surface area contributed by atoms with Gasteiger partial charge in [0, 0.05) is 24.6 Å². The van der Waals surface area contributed by atoms with Crippen molar-refractivity contribution < 1.29 is 9.90 Å². The Morgan fingerprint density at radius 2 is 2.00 bits per heavy atom. The van der Waals surface area contributed by atoms with Crippen molar-refractivity contribution in [1.82, 2.24) is 4.90 Å². The van der Waals surface area contributed by atoms with Crippen LogP contribution in [-0.4, -0.2) is 41.0 Å². The van der Waals surface area contributed by atoms with Crippen LogP contribution in [0.3, 0.4) is 0 Å². The molecule has 3 heteroatoms. The minimum atomic E-state index is -0.158. The molecule has 3 nitrogen and oxygen atoms in total. The van der Waals surface area contributed by atoms with Crippen molar-refractivity contribution in [2.45, 2.75) is 31.9 Å². The van der Waals surface area contributed by atoms with Crippen LogP contribution < -0.4 is 0 Å². The largest absolute Gasteiger partial charge is 0.393 e. The highest BCUT2D eigenvalue weighted by molar-refractivity contribution is 5.99. The second kappa shape index (κ2) is 5.06. The molecule has 0 radical (unpaired) electrons. The van der Waals surface area contributed by atoms with Gasteiger partial charge in [-0.3, -0.25) is 9.69 Å². The van der Waals surface area contributed by atoms with Gasteiger partial charge in [-0.2, -0.15) is 0 Å². The van der Waals surface area contributed by atoms with E-state index in [1.807, 2.05) is 37.3 Å². The van der Waals surface area contributed by atoms with Crippen molar-refractivity contribution in [1.29, 1.82) is 0 Å². The lowest BCUT2D eigenvalue weighted by Crippen LogP contribution is -2.38. The predicted molar refractivity (Wildman–Crippen MR) is 74.0 cm³/mol.